The minimum Gasteiger partial charge on any atom is -0.320 e. The Bertz CT molecular complexity index is 500. The minimum atomic E-state index is -0.0881. The maximum Gasteiger partial charge on any atom is 0.0644 e. The lowest BCUT2D eigenvalue weighted by Gasteiger charge is -2.13. The van der Waals surface area contributed by atoms with Crippen molar-refractivity contribution in [2.24, 2.45) is 12.8 Å². The number of hydrogen-bond acceptors (Lipinski definition) is 2. The van der Waals surface area contributed by atoms with Gasteiger partial charge >= 0.3 is 0 Å². The van der Waals surface area contributed by atoms with Crippen molar-refractivity contribution in [1.82, 2.24) is 9.78 Å². The highest BCUT2D eigenvalue weighted by molar-refractivity contribution is 5.36. The van der Waals surface area contributed by atoms with E-state index < -0.39 is 0 Å². The second-order valence-electron chi connectivity index (χ2n) is 4.18. The third kappa shape index (κ3) is 1.86. The summed E-state index contributed by atoms with van der Waals surface area (Å²) in [5.74, 6) is 0. The molecule has 0 saturated carbocycles. The van der Waals surface area contributed by atoms with E-state index in [9.17, 15) is 0 Å². The van der Waals surface area contributed by atoms with Crippen LogP contribution in [-0.2, 0) is 7.05 Å². The molecule has 3 heteroatoms. The van der Waals surface area contributed by atoms with E-state index in [0.717, 1.165) is 11.3 Å². The standard InChI is InChI=1S/C13H17N3/c1-9-6-4-5-7-11(9)13(14)12-8-16(3)15-10(12)2/h4-8,13H,14H2,1-3H3. The van der Waals surface area contributed by atoms with E-state index in [4.69, 9.17) is 5.73 Å². The van der Waals surface area contributed by atoms with Gasteiger partial charge in [0.05, 0.1) is 11.7 Å². The molecular formula is C13H17N3. The third-order valence-corrected chi connectivity index (χ3v) is 2.91. The normalized spacial score (nSPS) is 12.8. The molecular weight excluding hydrogens is 198 g/mol. The monoisotopic (exact) mass is 215 g/mol. The first kappa shape index (κ1) is 10.9. The predicted octanol–water partition coefficient (Wildman–Crippen LogP) is 2.09. The van der Waals surface area contributed by atoms with Crippen LogP contribution in [0.5, 0.6) is 0 Å². The average molecular weight is 215 g/mol. The molecule has 2 aromatic rings. The summed E-state index contributed by atoms with van der Waals surface area (Å²) >= 11 is 0. The van der Waals surface area contributed by atoms with Crippen LogP contribution in [-0.4, -0.2) is 9.78 Å². The molecule has 0 amide bonds. The summed E-state index contributed by atoms with van der Waals surface area (Å²) in [6.45, 7) is 4.08. The van der Waals surface area contributed by atoms with Crippen molar-refractivity contribution in [2.45, 2.75) is 19.9 Å². The van der Waals surface area contributed by atoms with Gasteiger partial charge in [0, 0.05) is 18.8 Å². The Hall–Kier alpha value is -1.61. The van der Waals surface area contributed by atoms with Gasteiger partial charge in [-0.2, -0.15) is 5.10 Å². The van der Waals surface area contributed by atoms with Gasteiger partial charge < -0.3 is 5.73 Å². The van der Waals surface area contributed by atoms with Crippen LogP contribution in [0.1, 0.15) is 28.4 Å². The molecule has 0 aliphatic heterocycles. The lowest BCUT2D eigenvalue weighted by Crippen LogP contribution is -2.13. The Balaban J connectivity index is 2.43. The molecule has 1 aromatic heterocycles. The lowest BCUT2D eigenvalue weighted by molar-refractivity contribution is 0.756. The van der Waals surface area contributed by atoms with E-state index in [1.54, 1.807) is 0 Å². The van der Waals surface area contributed by atoms with Gasteiger partial charge in [-0.05, 0) is 25.0 Å². The van der Waals surface area contributed by atoms with Crippen LogP contribution in [0.3, 0.4) is 0 Å². The fourth-order valence-electron chi connectivity index (χ4n) is 2.03. The Labute approximate surface area is 95.9 Å². The number of nitrogens with zero attached hydrogens (tertiary/aromatic N) is 2. The molecule has 1 aromatic carbocycles. The molecule has 1 unspecified atom stereocenters. The Morgan fingerprint density at radius 2 is 1.88 bits per heavy atom. The lowest BCUT2D eigenvalue weighted by atomic mass is 9.96. The van der Waals surface area contributed by atoms with Gasteiger partial charge in [0.15, 0.2) is 0 Å². The molecule has 2 N–H and O–H groups in total. The molecule has 2 rings (SSSR count). The summed E-state index contributed by atoms with van der Waals surface area (Å²) in [5, 5.41) is 4.32. The van der Waals surface area contributed by atoms with Crippen LogP contribution in [0.4, 0.5) is 0 Å². The first-order valence-corrected chi connectivity index (χ1v) is 5.41. The van der Waals surface area contributed by atoms with E-state index in [1.807, 2.05) is 37.0 Å². The van der Waals surface area contributed by atoms with Crippen molar-refractivity contribution in [3.63, 3.8) is 0 Å². The SMILES string of the molecule is Cc1ccccc1C(N)c1cn(C)nc1C. The maximum atomic E-state index is 6.28. The van der Waals surface area contributed by atoms with E-state index in [0.29, 0.717) is 0 Å². The second-order valence-corrected chi connectivity index (χ2v) is 4.18. The number of hydrogen-bond donors (Lipinski definition) is 1. The molecule has 0 spiro atoms. The molecule has 1 heterocycles. The van der Waals surface area contributed by atoms with Gasteiger partial charge in [-0.25, -0.2) is 0 Å². The highest BCUT2D eigenvalue weighted by Gasteiger charge is 2.15. The Morgan fingerprint density at radius 1 is 1.19 bits per heavy atom. The van der Waals surface area contributed by atoms with Gasteiger partial charge in [0.25, 0.3) is 0 Å². The summed E-state index contributed by atoms with van der Waals surface area (Å²) < 4.78 is 1.81. The van der Waals surface area contributed by atoms with Crippen molar-refractivity contribution in [3.8, 4) is 0 Å². The fraction of sp³-hybridized carbons (Fsp3) is 0.308. The molecule has 3 nitrogen and oxygen atoms in total. The van der Waals surface area contributed by atoms with Gasteiger partial charge in [-0.15, -0.1) is 0 Å². The Morgan fingerprint density at radius 3 is 2.44 bits per heavy atom. The van der Waals surface area contributed by atoms with Crippen molar-refractivity contribution in [3.05, 3.63) is 52.8 Å². The van der Waals surface area contributed by atoms with Crippen molar-refractivity contribution in [1.29, 1.82) is 0 Å². The summed E-state index contributed by atoms with van der Waals surface area (Å²) in [7, 11) is 1.92. The molecule has 0 radical (unpaired) electrons. The molecule has 0 saturated heterocycles. The summed E-state index contributed by atoms with van der Waals surface area (Å²) in [5.41, 5.74) is 10.8. The quantitative estimate of drug-likeness (QED) is 0.833. The smallest absolute Gasteiger partial charge is 0.0644 e. The predicted molar refractivity (Wildman–Crippen MR) is 65.2 cm³/mol. The molecule has 0 aliphatic carbocycles. The van der Waals surface area contributed by atoms with Gasteiger partial charge in [-0.3, -0.25) is 4.68 Å². The average Bonchev–Trinajstić information content (AvgIpc) is 2.58. The topological polar surface area (TPSA) is 43.8 Å². The van der Waals surface area contributed by atoms with Crippen LogP contribution < -0.4 is 5.73 Å². The van der Waals surface area contributed by atoms with Crippen molar-refractivity contribution in [2.75, 3.05) is 0 Å². The highest BCUT2D eigenvalue weighted by atomic mass is 15.2. The minimum absolute atomic E-state index is 0.0881. The summed E-state index contributed by atoms with van der Waals surface area (Å²) in [6, 6.07) is 8.12. The number of rotatable bonds is 2. The van der Waals surface area contributed by atoms with Crippen molar-refractivity contribution >= 4 is 0 Å². The second kappa shape index (κ2) is 4.10. The van der Waals surface area contributed by atoms with Crippen LogP contribution in [0.25, 0.3) is 0 Å². The number of aryl methyl sites for hydroxylation is 3. The van der Waals surface area contributed by atoms with Gasteiger partial charge in [-0.1, -0.05) is 24.3 Å². The number of aromatic nitrogens is 2. The van der Waals surface area contributed by atoms with Crippen LogP contribution >= 0.6 is 0 Å². The van der Waals surface area contributed by atoms with Gasteiger partial charge in [0.1, 0.15) is 0 Å². The zero-order valence-corrected chi connectivity index (χ0v) is 9.94. The molecule has 0 fully saturated rings. The first-order chi connectivity index (χ1) is 7.59. The molecule has 1 atom stereocenters. The third-order valence-electron chi connectivity index (χ3n) is 2.91. The number of nitrogens with two attached hydrogens (primary N) is 1. The Kier molecular flexibility index (Phi) is 2.79. The zero-order valence-electron chi connectivity index (χ0n) is 9.94. The highest BCUT2D eigenvalue weighted by Crippen LogP contribution is 2.24. The van der Waals surface area contributed by atoms with E-state index in [1.165, 1.54) is 11.1 Å². The van der Waals surface area contributed by atoms with E-state index in [2.05, 4.69) is 24.2 Å². The molecule has 0 aliphatic rings. The van der Waals surface area contributed by atoms with Crippen LogP contribution in [0, 0.1) is 13.8 Å². The van der Waals surface area contributed by atoms with Gasteiger partial charge in [0.2, 0.25) is 0 Å². The molecule has 16 heavy (non-hydrogen) atoms. The maximum absolute atomic E-state index is 6.28. The van der Waals surface area contributed by atoms with Crippen LogP contribution in [0.2, 0.25) is 0 Å². The zero-order chi connectivity index (χ0) is 11.7. The van der Waals surface area contributed by atoms with E-state index >= 15 is 0 Å². The van der Waals surface area contributed by atoms with Crippen molar-refractivity contribution < 1.29 is 0 Å². The molecule has 84 valence electrons. The van der Waals surface area contributed by atoms with Crippen LogP contribution in [0.15, 0.2) is 30.5 Å². The summed E-state index contributed by atoms with van der Waals surface area (Å²) in [4.78, 5) is 0. The largest absolute Gasteiger partial charge is 0.320 e. The summed E-state index contributed by atoms with van der Waals surface area (Å²) in [6.07, 6.45) is 1.99. The van der Waals surface area contributed by atoms with E-state index in [-0.39, 0.29) is 6.04 Å². The first-order valence-electron chi connectivity index (χ1n) is 5.41. The molecule has 0 bridgehead atoms. The fourth-order valence-corrected chi connectivity index (χ4v) is 2.03. The number of benzene rings is 1.